The quantitative estimate of drug-likeness (QED) is 0.380. The van der Waals surface area contributed by atoms with Crippen molar-refractivity contribution in [3.05, 3.63) is 117 Å². The number of nitrogens with zero attached hydrogens (tertiary/aromatic N) is 2. The normalized spacial score (nSPS) is 11.0. The van der Waals surface area contributed by atoms with E-state index in [-0.39, 0.29) is 24.6 Å². The highest BCUT2D eigenvalue weighted by molar-refractivity contribution is 6.05. The number of carbonyl (C=O) groups is 1. The molecule has 0 saturated heterocycles. The van der Waals surface area contributed by atoms with Crippen LogP contribution in [0.25, 0.3) is 6.08 Å². The van der Waals surface area contributed by atoms with E-state index < -0.39 is 17.2 Å². The van der Waals surface area contributed by atoms with Crippen molar-refractivity contribution in [2.24, 2.45) is 0 Å². The van der Waals surface area contributed by atoms with Crippen molar-refractivity contribution in [3.8, 4) is 5.75 Å². The molecule has 4 aromatic rings. The van der Waals surface area contributed by atoms with E-state index in [0.29, 0.717) is 11.5 Å². The van der Waals surface area contributed by atoms with Crippen LogP contribution in [-0.2, 0) is 17.9 Å². The standard InChI is InChI=1S/C26H24N4O5/c1-34-20-10-5-9-18(15-20)12-13-22(31)29(17-21-11-6-14-35-21)23-24(27)30(26(33)28-25(23)32)16-19-7-3-2-4-8-19/h2-15H,16-17,27H2,1H3,(H,28,32,33). The van der Waals surface area contributed by atoms with Gasteiger partial charge in [0.2, 0.25) is 0 Å². The van der Waals surface area contributed by atoms with E-state index in [1.54, 1.807) is 43.5 Å². The third-order valence-corrected chi connectivity index (χ3v) is 5.34. The molecule has 4 rings (SSSR count). The Balaban J connectivity index is 1.75. The number of furan rings is 1. The number of nitrogen functional groups attached to an aromatic ring is 1. The Morgan fingerprint density at radius 1 is 1.11 bits per heavy atom. The molecule has 0 fully saturated rings. The Kier molecular flexibility index (Phi) is 6.96. The Bertz CT molecular complexity index is 1450. The number of aromatic nitrogens is 2. The number of hydrogen-bond donors (Lipinski definition) is 2. The van der Waals surface area contributed by atoms with Crippen LogP contribution in [0.5, 0.6) is 5.75 Å². The van der Waals surface area contributed by atoms with Crippen LogP contribution in [0.2, 0.25) is 0 Å². The first-order valence-corrected chi connectivity index (χ1v) is 10.8. The minimum atomic E-state index is -0.772. The van der Waals surface area contributed by atoms with Crippen molar-refractivity contribution in [3.63, 3.8) is 0 Å². The summed E-state index contributed by atoms with van der Waals surface area (Å²) < 4.78 is 11.8. The number of nitrogens with two attached hydrogens (primary N) is 1. The van der Waals surface area contributed by atoms with Crippen LogP contribution in [0.15, 0.2) is 93.1 Å². The molecule has 35 heavy (non-hydrogen) atoms. The minimum absolute atomic E-state index is 0.0644. The molecule has 178 valence electrons. The Labute approximate surface area is 200 Å². The lowest BCUT2D eigenvalue weighted by Crippen LogP contribution is -2.40. The van der Waals surface area contributed by atoms with Gasteiger partial charge in [0.1, 0.15) is 17.3 Å². The first-order chi connectivity index (χ1) is 17.0. The van der Waals surface area contributed by atoms with Gasteiger partial charge in [-0.1, -0.05) is 42.5 Å². The molecule has 1 amide bonds. The van der Waals surface area contributed by atoms with Crippen LogP contribution in [0.4, 0.5) is 11.5 Å². The molecule has 9 nitrogen and oxygen atoms in total. The molecule has 2 aromatic heterocycles. The maximum atomic E-state index is 13.3. The van der Waals surface area contributed by atoms with Gasteiger partial charge < -0.3 is 14.9 Å². The topological polar surface area (TPSA) is 124 Å². The number of rotatable bonds is 8. The maximum absolute atomic E-state index is 13.3. The van der Waals surface area contributed by atoms with Crippen molar-refractivity contribution in [2.45, 2.75) is 13.1 Å². The van der Waals surface area contributed by atoms with E-state index in [4.69, 9.17) is 14.9 Å². The van der Waals surface area contributed by atoms with E-state index in [2.05, 4.69) is 4.98 Å². The second-order valence-electron chi connectivity index (χ2n) is 7.68. The molecular weight excluding hydrogens is 448 g/mol. The van der Waals surface area contributed by atoms with E-state index in [1.165, 1.54) is 21.8 Å². The first-order valence-electron chi connectivity index (χ1n) is 10.8. The SMILES string of the molecule is COc1cccc(C=CC(=O)N(Cc2ccco2)c2c(N)n(Cc3ccccc3)c(=O)[nH]c2=O)c1. The highest BCUT2D eigenvalue weighted by Crippen LogP contribution is 2.22. The van der Waals surface area contributed by atoms with E-state index in [0.717, 1.165) is 11.1 Å². The molecule has 0 aliphatic rings. The molecule has 0 unspecified atom stereocenters. The van der Waals surface area contributed by atoms with Crippen LogP contribution in [0, 0.1) is 0 Å². The number of amides is 1. The number of hydrogen-bond acceptors (Lipinski definition) is 6. The fourth-order valence-corrected chi connectivity index (χ4v) is 3.59. The number of anilines is 2. The van der Waals surface area contributed by atoms with Gasteiger partial charge in [0, 0.05) is 6.08 Å². The first kappa shape index (κ1) is 23.4. The van der Waals surface area contributed by atoms with Gasteiger partial charge in [-0.15, -0.1) is 0 Å². The van der Waals surface area contributed by atoms with Gasteiger partial charge in [-0.3, -0.25) is 24.0 Å². The smallest absolute Gasteiger partial charge is 0.330 e. The van der Waals surface area contributed by atoms with Gasteiger partial charge in [0.05, 0.1) is 26.5 Å². The van der Waals surface area contributed by atoms with Gasteiger partial charge in [0.25, 0.3) is 11.5 Å². The van der Waals surface area contributed by atoms with Crippen molar-refractivity contribution in [1.29, 1.82) is 0 Å². The summed E-state index contributed by atoms with van der Waals surface area (Å²) in [6.07, 6.45) is 4.39. The maximum Gasteiger partial charge on any atom is 0.330 e. The third kappa shape index (κ3) is 5.41. The fraction of sp³-hybridized carbons (Fsp3) is 0.115. The zero-order valence-corrected chi connectivity index (χ0v) is 19.0. The number of carbonyl (C=O) groups excluding carboxylic acids is 1. The van der Waals surface area contributed by atoms with Crippen LogP contribution in [0.1, 0.15) is 16.9 Å². The van der Waals surface area contributed by atoms with E-state index >= 15 is 0 Å². The lowest BCUT2D eigenvalue weighted by Gasteiger charge is -2.22. The van der Waals surface area contributed by atoms with E-state index in [1.807, 2.05) is 36.4 Å². The molecule has 0 aliphatic heterocycles. The van der Waals surface area contributed by atoms with Crippen molar-refractivity contribution in [1.82, 2.24) is 9.55 Å². The van der Waals surface area contributed by atoms with Crippen molar-refractivity contribution in [2.75, 3.05) is 17.7 Å². The molecule has 3 N–H and O–H groups in total. The number of nitrogens with one attached hydrogen (secondary N) is 1. The number of benzene rings is 2. The summed E-state index contributed by atoms with van der Waals surface area (Å²) in [5.74, 6) is 0.428. The monoisotopic (exact) mass is 472 g/mol. The summed E-state index contributed by atoms with van der Waals surface area (Å²) in [7, 11) is 1.55. The van der Waals surface area contributed by atoms with Crippen LogP contribution in [0.3, 0.4) is 0 Å². The average Bonchev–Trinajstić information content (AvgIpc) is 3.38. The van der Waals surface area contributed by atoms with Crippen molar-refractivity contribution < 1.29 is 13.9 Å². The molecule has 0 atom stereocenters. The second kappa shape index (κ2) is 10.4. The van der Waals surface area contributed by atoms with Crippen molar-refractivity contribution >= 4 is 23.5 Å². The molecule has 2 aromatic carbocycles. The summed E-state index contributed by atoms with van der Waals surface area (Å²) in [6, 6.07) is 19.7. The predicted octanol–water partition coefficient (Wildman–Crippen LogP) is 3.02. The molecule has 0 bridgehead atoms. The highest BCUT2D eigenvalue weighted by Gasteiger charge is 2.24. The number of H-pyrrole nitrogens is 1. The highest BCUT2D eigenvalue weighted by atomic mass is 16.5. The zero-order chi connectivity index (χ0) is 24.8. The average molecular weight is 473 g/mol. The Hall–Kier alpha value is -4.79. The minimum Gasteiger partial charge on any atom is -0.497 e. The largest absolute Gasteiger partial charge is 0.497 e. The van der Waals surface area contributed by atoms with Gasteiger partial charge in [-0.2, -0.15) is 0 Å². The second-order valence-corrected chi connectivity index (χ2v) is 7.68. The molecule has 0 radical (unpaired) electrons. The number of methoxy groups -OCH3 is 1. The van der Waals surface area contributed by atoms with E-state index in [9.17, 15) is 14.4 Å². The van der Waals surface area contributed by atoms with Gasteiger partial charge in [-0.05, 0) is 41.5 Å². The summed E-state index contributed by atoms with van der Waals surface area (Å²) in [5, 5.41) is 0. The number of aromatic amines is 1. The molecular formula is C26H24N4O5. The molecule has 2 heterocycles. The van der Waals surface area contributed by atoms with Gasteiger partial charge >= 0.3 is 5.69 Å². The number of ether oxygens (including phenoxy) is 1. The zero-order valence-electron chi connectivity index (χ0n) is 19.0. The summed E-state index contributed by atoms with van der Waals surface area (Å²) in [4.78, 5) is 42.3. The summed E-state index contributed by atoms with van der Waals surface area (Å²) in [5.41, 5.74) is 6.28. The van der Waals surface area contributed by atoms with Gasteiger partial charge in [-0.25, -0.2) is 4.79 Å². The lowest BCUT2D eigenvalue weighted by atomic mass is 10.2. The summed E-state index contributed by atoms with van der Waals surface area (Å²) >= 11 is 0. The van der Waals surface area contributed by atoms with Gasteiger partial charge in [0.15, 0.2) is 5.69 Å². The van der Waals surface area contributed by atoms with Crippen LogP contribution in [-0.4, -0.2) is 22.6 Å². The Morgan fingerprint density at radius 2 is 1.91 bits per heavy atom. The molecule has 0 spiro atoms. The van der Waals surface area contributed by atoms with Crippen LogP contribution >= 0.6 is 0 Å². The fourth-order valence-electron chi connectivity index (χ4n) is 3.59. The molecule has 0 saturated carbocycles. The predicted molar refractivity (Wildman–Crippen MR) is 133 cm³/mol. The summed E-state index contributed by atoms with van der Waals surface area (Å²) in [6.45, 7) is 0.0584. The molecule has 0 aliphatic carbocycles. The molecule has 9 heteroatoms. The van der Waals surface area contributed by atoms with Crippen LogP contribution < -0.4 is 26.6 Å². The Morgan fingerprint density at radius 3 is 2.63 bits per heavy atom. The lowest BCUT2D eigenvalue weighted by molar-refractivity contribution is -0.114. The third-order valence-electron chi connectivity index (χ3n) is 5.34.